The predicted octanol–water partition coefficient (Wildman–Crippen LogP) is 2.96. The van der Waals surface area contributed by atoms with Crippen molar-refractivity contribution in [3.63, 3.8) is 0 Å². The van der Waals surface area contributed by atoms with Crippen LogP contribution in [0.25, 0.3) is 0 Å². The summed E-state index contributed by atoms with van der Waals surface area (Å²) in [5, 5.41) is 0.698. The molecule has 1 aromatic carbocycles. The van der Waals surface area contributed by atoms with Crippen LogP contribution in [-0.2, 0) is 0 Å². The van der Waals surface area contributed by atoms with Gasteiger partial charge in [0.25, 0.3) is 0 Å². The van der Waals surface area contributed by atoms with Gasteiger partial charge in [-0.1, -0.05) is 13.0 Å². The lowest BCUT2D eigenvalue weighted by atomic mass is 9.99. The molecule has 4 heteroatoms. The molecule has 0 spiro atoms. The fourth-order valence-corrected chi connectivity index (χ4v) is 3.96. The van der Waals surface area contributed by atoms with Gasteiger partial charge in [-0.25, -0.2) is 4.39 Å². The van der Waals surface area contributed by atoms with E-state index in [1.807, 2.05) is 13.0 Å². The fourth-order valence-electron chi connectivity index (χ4n) is 2.76. The number of hydrogen-bond donors (Lipinski definition) is 1. The molecule has 2 rings (SSSR count). The lowest BCUT2D eigenvalue weighted by molar-refractivity contribution is 0.207. The van der Waals surface area contributed by atoms with Crippen LogP contribution in [0.4, 0.5) is 4.39 Å². The van der Waals surface area contributed by atoms with Gasteiger partial charge in [0, 0.05) is 36.7 Å². The van der Waals surface area contributed by atoms with Crippen LogP contribution in [-0.4, -0.2) is 35.5 Å². The number of thioether (sulfide) groups is 1. The quantitative estimate of drug-likeness (QED) is 0.920. The molecule has 19 heavy (non-hydrogen) atoms. The molecule has 2 atom stereocenters. The molecule has 0 amide bonds. The molecule has 1 saturated heterocycles. The van der Waals surface area contributed by atoms with E-state index >= 15 is 0 Å². The molecule has 1 fully saturated rings. The van der Waals surface area contributed by atoms with Gasteiger partial charge in [0.15, 0.2) is 0 Å². The van der Waals surface area contributed by atoms with Crippen LogP contribution in [0.15, 0.2) is 18.2 Å². The number of hydrogen-bond acceptors (Lipinski definition) is 3. The molecular formula is C15H23FN2S. The van der Waals surface area contributed by atoms with Crippen molar-refractivity contribution in [3.8, 4) is 0 Å². The molecule has 2 N–H and O–H groups in total. The Balaban J connectivity index is 2.19. The molecule has 0 radical (unpaired) electrons. The Morgan fingerprint density at radius 3 is 2.95 bits per heavy atom. The van der Waals surface area contributed by atoms with Gasteiger partial charge in [-0.15, -0.1) is 0 Å². The number of nitrogens with two attached hydrogens (primary N) is 1. The van der Waals surface area contributed by atoms with Gasteiger partial charge < -0.3 is 5.73 Å². The Morgan fingerprint density at radius 2 is 2.32 bits per heavy atom. The third-order valence-corrected chi connectivity index (χ3v) is 5.25. The summed E-state index contributed by atoms with van der Waals surface area (Å²) in [7, 11) is 0. The normalized spacial score (nSPS) is 22.4. The van der Waals surface area contributed by atoms with E-state index in [2.05, 4.69) is 23.6 Å². The summed E-state index contributed by atoms with van der Waals surface area (Å²) < 4.78 is 13.2. The van der Waals surface area contributed by atoms with Crippen molar-refractivity contribution >= 4 is 11.8 Å². The van der Waals surface area contributed by atoms with E-state index in [4.69, 9.17) is 5.73 Å². The van der Waals surface area contributed by atoms with Crippen LogP contribution >= 0.6 is 11.8 Å². The molecule has 1 aliphatic heterocycles. The van der Waals surface area contributed by atoms with Gasteiger partial charge in [0.1, 0.15) is 5.82 Å². The van der Waals surface area contributed by atoms with Crippen LogP contribution < -0.4 is 5.73 Å². The van der Waals surface area contributed by atoms with Crippen LogP contribution in [0.5, 0.6) is 0 Å². The smallest absolute Gasteiger partial charge is 0.123 e. The van der Waals surface area contributed by atoms with Crippen molar-refractivity contribution in [1.29, 1.82) is 0 Å². The van der Waals surface area contributed by atoms with Crippen LogP contribution in [0.2, 0.25) is 0 Å². The van der Waals surface area contributed by atoms with Crippen LogP contribution in [0, 0.1) is 12.7 Å². The Kier molecular flexibility index (Phi) is 5.25. The van der Waals surface area contributed by atoms with E-state index in [-0.39, 0.29) is 11.9 Å². The molecule has 0 aromatic heterocycles. The maximum atomic E-state index is 13.2. The lowest BCUT2D eigenvalue weighted by Gasteiger charge is -2.38. The van der Waals surface area contributed by atoms with Crippen molar-refractivity contribution in [2.75, 3.05) is 25.4 Å². The number of nitrogens with zero attached hydrogens (tertiary/aromatic N) is 1. The minimum Gasteiger partial charge on any atom is -0.329 e. The van der Waals surface area contributed by atoms with E-state index in [1.54, 1.807) is 12.1 Å². The average Bonchev–Trinajstić information content (AvgIpc) is 2.42. The average molecular weight is 282 g/mol. The molecule has 106 valence electrons. The van der Waals surface area contributed by atoms with Crippen LogP contribution in [0.3, 0.4) is 0 Å². The lowest BCUT2D eigenvalue weighted by Crippen LogP contribution is -2.43. The van der Waals surface area contributed by atoms with E-state index in [1.165, 1.54) is 12.0 Å². The van der Waals surface area contributed by atoms with Crippen LogP contribution in [0.1, 0.15) is 30.5 Å². The molecule has 2 nitrogen and oxygen atoms in total. The van der Waals surface area contributed by atoms with Crippen molar-refractivity contribution in [2.24, 2.45) is 5.73 Å². The molecule has 1 aromatic rings. The van der Waals surface area contributed by atoms with Gasteiger partial charge in [-0.2, -0.15) is 11.8 Å². The predicted molar refractivity (Wildman–Crippen MR) is 81.0 cm³/mol. The van der Waals surface area contributed by atoms with E-state index in [9.17, 15) is 4.39 Å². The zero-order valence-corrected chi connectivity index (χ0v) is 12.5. The highest BCUT2D eigenvalue weighted by Crippen LogP contribution is 2.29. The highest BCUT2D eigenvalue weighted by molar-refractivity contribution is 8.00. The Hall–Kier alpha value is -0.580. The minimum atomic E-state index is -0.169. The molecule has 0 saturated carbocycles. The van der Waals surface area contributed by atoms with E-state index < -0.39 is 0 Å². The third kappa shape index (κ3) is 3.50. The zero-order valence-electron chi connectivity index (χ0n) is 11.7. The maximum absolute atomic E-state index is 13.2. The van der Waals surface area contributed by atoms with Gasteiger partial charge in [0.2, 0.25) is 0 Å². The maximum Gasteiger partial charge on any atom is 0.123 e. The third-order valence-electron chi connectivity index (χ3n) is 3.88. The van der Waals surface area contributed by atoms with Gasteiger partial charge in [0.05, 0.1) is 0 Å². The Labute approximate surface area is 119 Å². The summed E-state index contributed by atoms with van der Waals surface area (Å²) in [5.41, 5.74) is 8.16. The van der Waals surface area contributed by atoms with Crippen molar-refractivity contribution in [2.45, 2.75) is 31.6 Å². The number of benzene rings is 1. The fraction of sp³-hybridized carbons (Fsp3) is 0.600. The standard InChI is InChI=1S/C15H23FN2S/c1-3-13-10-18(6-7-19-13)15(9-17)14-5-4-12(16)8-11(14)2/h4-5,8,13,15H,3,6-7,9-10,17H2,1-2H3. The topological polar surface area (TPSA) is 29.3 Å². The van der Waals surface area contributed by atoms with Crippen molar-refractivity contribution in [3.05, 3.63) is 35.1 Å². The van der Waals surface area contributed by atoms with Crippen molar-refractivity contribution in [1.82, 2.24) is 4.90 Å². The first-order valence-corrected chi connectivity index (χ1v) is 8.02. The van der Waals surface area contributed by atoms with Crippen molar-refractivity contribution < 1.29 is 4.39 Å². The summed E-state index contributed by atoms with van der Waals surface area (Å²) in [6.07, 6.45) is 1.20. The Morgan fingerprint density at radius 1 is 1.53 bits per heavy atom. The number of halogens is 1. The highest BCUT2D eigenvalue weighted by atomic mass is 32.2. The second kappa shape index (κ2) is 6.73. The first kappa shape index (κ1) is 14.8. The monoisotopic (exact) mass is 282 g/mol. The Bertz CT molecular complexity index is 425. The second-order valence-electron chi connectivity index (χ2n) is 5.15. The highest BCUT2D eigenvalue weighted by Gasteiger charge is 2.26. The molecule has 0 bridgehead atoms. The minimum absolute atomic E-state index is 0.169. The zero-order chi connectivity index (χ0) is 13.8. The summed E-state index contributed by atoms with van der Waals surface area (Å²) in [5.74, 6) is 0.993. The SMILES string of the molecule is CCC1CN(C(CN)c2ccc(F)cc2C)CCS1. The first-order valence-electron chi connectivity index (χ1n) is 6.97. The number of aryl methyl sites for hydroxylation is 1. The summed E-state index contributed by atoms with van der Waals surface area (Å²) in [6, 6.07) is 5.26. The molecular weight excluding hydrogens is 259 g/mol. The summed E-state index contributed by atoms with van der Waals surface area (Å²) >= 11 is 2.05. The molecule has 1 heterocycles. The number of rotatable bonds is 4. The van der Waals surface area contributed by atoms with Gasteiger partial charge >= 0.3 is 0 Å². The molecule has 1 aliphatic rings. The first-order chi connectivity index (χ1) is 9.15. The van der Waals surface area contributed by atoms with E-state index in [0.717, 1.165) is 24.4 Å². The van der Waals surface area contributed by atoms with Gasteiger partial charge in [-0.3, -0.25) is 4.90 Å². The summed E-state index contributed by atoms with van der Waals surface area (Å²) in [6.45, 7) is 6.95. The second-order valence-corrected chi connectivity index (χ2v) is 6.56. The largest absolute Gasteiger partial charge is 0.329 e. The molecule has 0 aliphatic carbocycles. The molecule has 2 unspecified atom stereocenters. The summed E-state index contributed by atoms with van der Waals surface area (Å²) in [4.78, 5) is 2.46. The van der Waals surface area contributed by atoms with Gasteiger partial charge in [-0.05, 0) is 36.6 Å². The van der Waals surface area contributed by atoms with E-state index in [0.29, 0.717) is 11.8 Å².